The van der Waals surface area contributed by atoms with E-state index in [1.165, 1.54) is 0 Å². The molecule has 0 radical (unpaired) electrons. The van der Waals surface area contributed by atoms with Gasteiger partial charge >= 0.3 is 0 Å². The Hall–Kier alpha value is -3.65. The second-order valence-corrected chi connectivity index (χ2v) is 7.86. The van der Waals surface area contributed by atoms with Crippen molar-refractivity contribution in [3.8, 4) is 0 Å². The van der Waals surface area contributed by atoms with Crippen molar-refractivity contribution in [2.24, 2.45) is 0 Å². The molecular weight excluding hydrogens is 394 g/mol. The first-order chi connectivity index (χ1) is 14.9. The van der Waals surface area contributed by atoms with Crippen molar-refractivity contribution in [1.29, 1.82) is 0 Å². The molecule has 8 heteroatoms. The topological polar surface area (TPSA) is 99.5 Å². The van der Waals surface area contributed by atoms with Gasteiger partial charge in [0.15, 0.2) is 0 Å². The molecule has 0 spiro atoms. The van der Waals surface area contributed by atoms with Crippen molar-refractivity contribution in [3.05, 3.63) is 71.1 Å². The summed E-state index contributed by atoms with van der Waals surface area (Å²) in [5, 5.41) is 12.8. The van der Waals surface area contributed by atoms with Gasteiger partial charge in [0.2, 0.25) is 5.76 Å². The van der Waals surface area contributed by atoms with Crippen molar-refractivity contribution < 1.29 is 14.1 Å². The van der Waals surface area contributed by atoms with Crippen LogP contribution in [0.15, 0.2) is 53.1 Å². The number of hydrogen-bond donors (Lipinski definition) is 3. The number of rotatable bonds is 5. The van der Waals surface area contributed by atoms with E-state index in [-0.39, 0.29) is 11.7 Å². The fourth-order valence-corrected chi connectivity index (χ4v) is 3.54. The Bertz CT molecular complexity index is 1120. The molecule has 2 amide bonds. The molecule has 0 saturated carbocycles. The molecule has 0 aliphatic carbocycles. The summed E-state index contributed by atoms with van der Waals surface area (Å²) in [5.74, 6) is -0.481. The Morgan fingerprint density at radius 2 is 1.81 bits per heavy atom. The van der Waals surface area contributed by atoms with Crippen LogP contribution < -0.4 is 20.9 Å². The molecule has 160 valence electrons. The molecular formula is C23H25N5O3. The van der Waals surface area contributed by atoms with Crippen LogP contribution in [0.5, 0.6) is 0 Å². The number of nitrogens with one attached hydrogen (secondary N) is 3. The number of nitrogens with zero attached hydrogens (tertiary/aromatic N) is 2. The Morgan fingerprint density at radius 3 is 2.45 bits per heavy atom. The van der Waals surface area contributed by atoms with Gasteiger partial charge in [-0.3, -0.25) is 14.9 Å². The number of aryl methyl sites for hydroxylation is 2. The van der Waals surface area contributed by atoms with E-state index in [0.717, 1.165) is 24.5 Å². The van der Waals surface area contributed by atoms with Crippen molar-refractivity contribution >= 4 is 28.9 Å². The Balaban J connectivity index is 1.47. The third-order valence-corrected chi connectivity index (χ3v) is 5.04. The lowest BCUT2D eigenvalue weighted by Crippen LogP contribution is -2.22. The highest BCUT2D eigenvalue weighted by Crippen LogP contribution is 2.23. The lowest BCUT2D eigenvalue weighted by Gasteiger charge is -2.19. The molecule has 2 aromatic carbocycles. The van der Waals surface area contributed by atoms with Gasteiger partial charge < -0.3 is 20.1 Å². The summed E-state index contributed by atoms with van der Waals surface area (Å²) >= 11 is 0. The van der Waals surface area contributed by atoms with E-state index in [0.29, 0.717) is 28.7 Å². The molecule has 1 fully saturated rings. The molecule has 2 heterocycles. The standard InChI is InChI=1S/C23H25N5O3/c1-14-7-17(10-20(8-14)28-12-16(3)24-13-28)22(29)25-18-5-4-6-19(11-18)26-23(30)21-9-15(2)27-31-21/h4-11,16,24H,12-13H2,1-3H3,(H,25,29)(H,26,30). The van der Waals surface area contributed by atoms with Gasteiger partial charge in [-0.2, -0.15) is 0 Å². The fourth-order valence-electron chi connectivity index (χ4n) is 3.54. The van der Waals surface area contributed by atoms with Gasteiger partial charge in [0.05, 0.1) is 12.4 Å². The highest BCUT2D eigenvalue weighted by Gasteiger charge is 2.19. The maximum absolute atomic E-state index is 12.9. The zero-order chi connectivity index (χ0) is 22.0. The van der Waals surface area contributed by atoms with Gasteiger partial charge in [-0.05, 0) is 62.7 Å². The number of aromatic nitrogens is 1. The van der Waals surface area contributed by atoms with Crippen molar-refractivity contribution in [2.75, 3.05) is 28.7 Å². The van der Waals surface area contributed by atoms with E-state index in [1.54, 1.807) is 37.3 Å². The fraction of sp³-hybridized carbons (Fsp3) is 0.261. The molecule has 31 heavy (non-hydrogen) atoms. The smallest absolute Gasteiger partial charge is 0.294 e. The first-order valence-corrected chi connectivity index (χ1v) is 10.1. The van der Waals surface area contributed by atoms with Gasteiger partial charge in [-0.25, -0.2) is 0 Å². The van der Waals surface area contributed by atoms with Crippen molar-refractivity contribution in [3.63, 3.8) is 0 Å². The number of benzene rings is 2. The Morgan fingerprint density at radius 1 is 1.06 bits per heavy atom. The van der Waals surface area contributed by atoms with Crippen LogP contribution in [0.1, 0.15) is 39.1 Å². The van der Waals surface area contributed by atoms with E-state index in [1.807, 2.05) is 19.1 Å². The number of carbonyl (C=O) groups excluding carboxylic acids is 2. The van der Waals surface area contributed by atoms with Crippen molar-refractivity contribution in [1.82, 2.24) is 10.5 Å². The molecule has 1 aliphatic rings. The highest BCUT2D eigenvalue weighted by atomic mass is 16.5. The molecule has 0 bridgehead atoms. The first-order valence-electron chi connectivity index (χ1n) is 10.1. The van der Waals surface area contributed by atoms with Crippen LogP contribution in [0.4, 0.5) is 17.1 Å². The maximum Gasteiger partial charge on any atom is 0.294 e. The lowest BCUT2D eigenvalue weighted by molar-refractivity contribution is 0.0986. The molecule has 1 aliphatic heterocycles. The zero-order valence-corrected chi connectivity index (χ0v) is 17.7. The molecule has 1 unspecified atom stereocenters. The quantitative estimate of drug-likeness (QED) is 0.585. The summed E-state index contributed by atoms with van der Waals surface area (Å²) in [6.07, 6.45) is 0. The molecule has 1 atom stereocenters. The minimum Gasteiger partial charge on any atom is -0.357 e. The van der Waals surface area contributed by atoms with E-state index >= 15 is 0 Å². The number of anilines is 3. The predicted molar refractivity (Wildman–Crippen MR) is 120 cm³/mol. The summed E-state index contributed by atoms with van der Waals surface area (Å²) in [6.45, 7) is 7.52. The summed E-state index contributed by atoms with van der Waals surface area (Å²) in [6, 6.07) is 14.8. The van der Waals surface area contributed by atoms with Crippen LogP contribution in [-0.2, 0) is 0 Å². The van der Waals surface area contributed by atoms with Gasteiger partial charge in [0.1, 0.15) is 0 Å². The summed E-state index contributed by atoms with van der Waals surface area (Å²) in [7, 11) is 0. The largest absolute Gasteiger partial charge is 0.357 e. The third-order valence-electron chi connectivity index (χ3n) is 5.04. The van der Waals surface area contributed by atoms with Crippen molar-refractivity contribution in [2.45, 2.75) is 26.8 Å². The second kappa shape index (κ2) is 8.61. The molecule has 4 rings (SSSR count). The van der Waals surface area contributed by atoms with Gasteiger partial charge in [-0.1, -0.05) is 11.2 Å². The van der Waals surface area contributed by atoms with Crippen LogP contribution in [0, 0.1) is 13.8 Å². The predicted octanol–water partition coefficient (Wildman–Crippen LogP) is 3.55. The van der Waals surface area contributed by atoms with E-state index in [4.69, 9.17) is 4.52 Å². The van der Waals surface area contributed by atoms with Gasteiger partial charge in [0.25, 0.3) is 11.8 Å². The molecule has 1 aromatic heterocycles. The van der Waals surface area contributed by atoms with Crippen LogP contribution in [-0.4, -0.2) is 36.2 Å². The summed E-state index contributed by atoms with van der Waals surface area (Å²) in [5.41, 5.74) is 4.37. The number of hydrogen-bond acceptors (Lipinski definition) is 6. The monoisotopic (exact) mass is 419 g/mol. The van der Waals surface area contributed by atoms with Crippen LogP contribution in [0.3, 0.4) is 0 Å². The summed E-state index contributed by atoms with van der Waals surface area (Å²) in [4.78, 5) is 27.4. The highest BCUT2D eigenvalue weighted by molar-refractivity contribution is 6.06. The SMILES string of the molecule is Cc1cc(C(=O)Nc2cccc(NC(=O)c3cc(C)no3)c2)cc(N2CNC(C)C2)c1. The average Bonchev–Trinajstić information content (AvgIpc) is 3.36. The molecule has 8 nitrogen and oxygen atoms in total. The zero-order valence-electron chi connectivity index (χ0n) is 17.7. The minimum absolute atomic E-state index is 0.130. The van der Waals surface area contributed by atoms with E-state index in [9.17, 15) is 9.59 Å². The third kappa shape index (κ3) is 4.92. The van der Waals surface area contributed by atoms with Crippen LogP contribution in [0.25, 0.3) is 0 Å². The minimum atomic E-state index is -0.402. The molecule has 1 saturated heterocycles. The normalized spacial score (nSPS) is 15.7. The number of carbonyl (C=O) groups is 2. The summed E-state index contributed by atoms with van der Waals surface area (Å²) < 4.78 is 4.98. The average molecular weight is 419 g/mol. The lowest BCUT2D eigenvalue weighted by atomic mass is 10.1. The first kappa shape index (κ1) is 20.6. The van der Waals surface area contributed by atoms with Gasteiger partial charge in [0, 0.05) is 41.3 Å². The number of amides is 2. The maximum atomic E-state index is 12.9. The van der Waals surface area contributed by atoms with Crippen LogP contribution in [0.2, 0.25) is 0 Å². The van der Waals surface area contributed by atoms with E-state index < -0.39 is 5.91 Å². The Kier molecular flexibility index (Phi) is 5.73. The molecule has 3 aromatic rings. The van der Waals surface area contributed by atoms with Crippen LogP contribution >= 0.6 is 0 Å². The van der Waals surface area contributed by atoms with Gasteiger partial charge in [-0.15, -0.1) is 0 Å². The Labute approximate surface area is 180 Å². The van der Waals surface area contributed by atoms with E-state index in [2.05, 4.69) is 39.0 Å². The molecule has 3 N–H and O–H groups in total. The second-order valence-electron chi connectivity index (χ2n) is 7.86.